The van der Waals surface area contributed by atoms with Crippen LogP contribution in [0.2, 0.25) is 0 Å². The van der Waals surface area contributed by atoms with E-state index in [1.54, 1.807) is 48.5 Å². The van der Waals surface area contributed by atoms with Gasteiger partial charge in [-0.25, -0.2) is 4.79 Å². The van der Waals surface area contributed by atoms with Crippen molar-refractivity contribution in [2.45, 2.75) is 6.61 Å². The van der Waals surface area contributed by atoms with Crippen molar-refractivity contribution in [1.29, 1.82) is 0 Å². The lowest BCUT2D eigenvalue weighted by Gasteiger charge is -2.21. The van der Waals surface area contributed by atoms with Crippen LogP contribution in [0, 0.1) is 0 Å². The summed E-state index contributed by atoms with van der Waals surface area (Å²) < 4.78 is 35.6. The van der Waals surface area contributed by atoms with Crippen molar-refractivity contribution in [2.24, 2.45) is 0 Å². The fourth-order valence-corrected chi connectivity index (χ4v) is 5.94. The lowest BCUT2D eigenvalue weighted by molar-refractivity contribution is 0.0591. The SMILES string of the molecule is COC(=O)c1c(-c2cc(OC)c(OC)c(OC)c2)c2cc(OC)c(OCc3ccc(-c4ccccc4)cc3)cc2c(=O)n1-c1ccc(N)cc1.Cl. The van der Waals surface area contributed by atoms with Gasteiger partial charge in [0.15, 0.2) is 23.0 Å². The maximum absolute atomic E-state index is 14.5. The minimum Gasteiger partial charge on any atom is -0.493 e. The molecule has 0 bridgehead atoms. The van der Waals surface area contributed by atoms with Crippen LogP contribution in [-0.2, 0) is 11.3 Å². The van der Waals surface area contributed by atoms with Crippen LogP contribution in [0.25, 0.3) is 38.7 Å². The molecular formula is C40H37ClN2O8. The number of carbonyl (C=O) groups excluding carboxylic acids is 1. The van der Waals surface area contributed by atoms with Gasteiger partial charge in [-0.3, -0.25) is 9.36 Å². The second kappa shape index (κ2) is 15.6. The highest BCUT2D eigenvalue weighted by atomic mass is 35.5. The van der Waals surface area contributed by atoms with Crippen LogP contribution in [0.3, 0.4) is 0 Å². The lowest BCUT2D eigenvalue weighted by atomic mass is 9.95. The summed E-state index contributed by atoms with van der Waals surface area (Å²) in [6, 6.07) is 31.5. The Labute approximate surface area is 301 Å². The van der Waals surface area contributed by atoms with E-state index in [9.17, 15) is 9.59 Å². The molecule has 0 amide bonds. The Bertz CT molecular complexity index is 2210. The zero-order chi connectivity index (χ0) is 35.4. The van der Waals surface area contributed by atoms with E-state index in [4.69, 9.17) is 34.2 Å². The van der Waals surface area contributed by atoms with Crippen LogP contribution >= 0.6 is 12.4 Å². The molecule has 0 atom stereocenters. The molecule has 1 aromatic heterocycles. The molecule has 2 N–H and O–H groups in total. The van der Waals surface area contributed by atoms with Crippen molar-refractivity contribution in [3.8, 4) is 56.7 Å². The quantitative estimate of drug-likeness (QED) is 0.106. The minimum absolute atomic E-state index is 0. The van der Waals surface area contributed by atoms with Gasteiger partial charge in [0.25, 0.3) is 5.56 Å². The Morgan fingerprint density at radius 2 is 1.24 bits per heavy atom. The van der Waals surface area contributed by atoms with Crippen LogP contribution < -0.4 is 35.0 Å². The maximum atomic E-state index is 14.5. The molecule has 6 rings (SSSR count). The number of halogens is 1. The molecule has 0 aliphatic carbocycles. The monoisotopic (exact) mass is 708 g/mol. The number of rotatable bonds is 11. The van der Waals surface area contributed by atoms with E-state index in [1.807, 2.05) is 42.5 Å². The summed E-state index contributed by atoms with van der Waals surface area (Å²) in [6.45, 7) is 0.211. The predicted octanol–water partition coefficient (Wildman–Crippen LogP) is 7.73. The Hall–Kier alpha value is -6.13. The molecule has 10 nitrogen and oxygen atoms in total. The van der Waals surface area contributed by atoms with Crippen molar-refractivity contribution in [1.82, 2.24) is 4.57 Å². The number of hydrogen-bond acceptors (Lipinski definition) is 9. The Balaban J connectivity index is 0.00000504. The Morgan fingerprint density at radius 3 is 1.80 bits per heavy atom. The van der Waals surface area contributed by atoms with E-state index in [0.717, 1.165) is 16.7 Å². The average molecular weight is 709 g/mol. The van der Waals surface area contributed by atoms with Gasteiger partial charge in [-0.2, -0.15) is 0 Å². The van der Waals surface area contributed by atoms with Gasteiger partial charge in [-0.15, -0.1) is 12.4 Å². The molecule has 6 aromatic rings. The van der Waals surface area contributed by atoms with E-state index in [1.165, 1.54) is 40.1 Å². The van der Waals surface area contributed by atoms with Crippen molar-refractivity contribution in [3.05, 3.63) is 125 Å². The average Bonchev–Trinajstić information content (AvgIpc) is 3.16. The van der Waals surface area contributed by atoms with Gasteiger partial charge in [-0.1, -0.05) is 54.6 Å². The molecule has 0 radical (unpaired) electrons. The van der Waals surface area contributed by atoms with Gasteiger partial charge in [0.05, 0.1) is 40.9 Å². The zero-order valence-corrected chi connectivity index (χ0v) is 29.5. The summed E-state index contributed by atoms with van der Waals surface area (Å²) in [6.07, 6.45) is 0. The van der Waals surface area contributed by atoms with Gasteiger partial charge in [0, 0.05) is 22.3 Å². The van der Waals surface area contributed by atoms with Crippen molar-refractivity contribution >= 4 is 34.8 Å². The number of carbonyl (C=O) groups is 1. The summed E-state index contributed by atoms with van der Waals surface area (Å²) in [7, 11) is 7.27. The first-order valence-electron chi connectivity index (χ1n) is 15.6. The van der Waals surface area contributed by atoms with Crippen LogP contribution in [0.1, 0.15) is 16.1 Å². The third kappa shape index (κ3) is 6.99. The second-order valence-electron chi connectivity index (χ2n) is 11.3. The number of benzene rings is 5. The fourth-order valence-electron chi connectivity index (χ4n) is 5.94. The molecule has 0 aliphatic heterocycles. The molecular weight excluding hydrogens is 672 g/mol. The number of esters is 1. The van der Waals surface area contributed by atoms with Crippen LogP contribution in [-0.4, -0.2) is 46.1 Å². The minimum atomic E-state index is -0.747. The standard InChI is InChI=1S/C40H36N2O8.ClH/c1-45-32-21-30-31(22-33(32)50-23-24-11-13-26(14-12-24)25-9-7-6-8-10-25)39(43)42(29-17-15-28(41)16-18-29)37(40(44)49-5)36(30)27-19-34(46-2)38(48-4)35(20-27)47-3;/h6-22H,23,41H2,1-5H3;1H. The molecule has 0 unspecified atom stereocenters. The summed E-state index contributed by atoms with van der Waals surface area (Å²) >= 11 is 0. The van der Waals surface area contributed by atoms with Crippen LogP contribution in [0.15, 0.2) is 108 Å². The molecule has 0 spiro atoms. The third-order valence-electron chi connectivity index (χ3n) is 8.41. The van der Waals surface area contributed by atoms with Gasteiger partial charge < -0.3 is 34.2 Å². The van der Waals surface area contributed by atoms with Gasteiger partial charge in [0.1, 0.15) is 12.3 Å². The van der Waals surface area contributed by atoms with Gasteiger partial charge in [-0.05, 0) is 70.8 Å². The molecule has 0 aliphatic rings. The van der Waals surface area contributed by atoms with Gasteiger partial charge >= 0.3 is 5.97 Å². The Morgan fingerprint density at radius 1 is 0.647 bits per heavy atom. The maximum Gasteiger partial charge on any atom is 0.355 e. The lowest BCUT2D eigenvalue weighted by Crippen LogP contribution is -2.27. The molecule has 262 valence electrons. The van der Waals surface area contributed by atoms with E-state index < -0.39 is 11.5 Å². The molecule has 0 saturated heterocycles. The fraction of sp³-hybridized carbons (Fsp3) is 0.150. The predicted molar refractivity (Wildman–Crippen MR) is 200 cm³/mol. The topological polar surface area (TPSA) is 120 Å². The largest absolute Gasteiger partial charge is 0.493 e. The second-order valence-corrected chi connectivity index (χ2v) is 11.3. The number of fused-ring (bicyclic) bond motifs is 1. The van der Waals surface area contributed by atoms with Crippen LogP contribution in [0.5, 0.6) is 28.7 Å². The van der Waals surface area contributed by atoms with E-state index in [2.05, 4.69) is 12.1 Å². The highest BCUT2D eigenvalue weighted by Crippen LogP contribution is 2.45. The van der Waals surface area contributed by atoms with E-state index >= 15 is 0 Å². The molecule has 51 heavy (non-hydrogen) atoms. The number of anilines is 1. The summed E-state index contributed by atoms with van der Waals surface area (Å²) in [5.74, 6) is 1.01. The summed E-state index contributed by atoms with van der Waals surface area (Å²) in [5.41, 5.74) is 10.3. The first-order valence-corrected chi connectivity index (χ1v) is 15.6. The first-order chi connectivity index (χ1) is 24.3. The third-order valence-corrected chi connectivity index (χ3v) is 8.41. The smallest absolute Gasteiger partial charge is 0.355 e. The number of nitrogens with zero attached hydrogens (tertiary/aromatic N) is 1. The number of methoxy groups -OCH3 is 5. The molecule has 0 saturated carbocycles. The normalized spacial score (nSPS) is 10.6. The zero-order valence-electron chi connectivity index (χ0n) is 28.7. The molecule has 0 fully saturated rings. The van der Waals surface area contributed by atoms with Gasteiger partial charge in [0.2, 0.25) is 5.75 Å². The number of pyridine rings is 1. The van der Waals surface area contributed by atoms with Crippen LogP contribution in [0.4, 0.5) is 5.69 Å². The number of ether oxygens (including phenoxy) is 6. The molecule has 11 heteroatoms. The molecule has 1 heterocycles. The molecule has 5 aromatic carbocycles. The number of hydrogen-bond donors (Lipinski definition) is 1. The van der Waals surface area contributed by atoms with Crippen molar-refractivity contribution in [3.63, 3.8) is 0 Å². The first kappa shape index (κ1) is 36.2. The van der Waals surface area contributed by atoms with Crippen molar-refractivity contribution < 1.29 is 33.2 Å². The van der Waals surface area contributed by atoms with Crippen molar-refractivity contribution in [2.75, 3.05) is 41.3 Å². The van der Waals surface area contributed by atoms with E-state index in [0.29, 0.717) is 56.6 Å². The Kier molecular flexibility index (Phi) is 11.1. The highest BCUT2D eigenvalue weighted by Gasteiger charge is 2.28. The van der Waals surface area contributed by atoms with E-state index in [-0.39, 0.29) is 30.1 Å². The summed E-state index contributed by atoms with van der Waals surface area (Å²) in [5, 5.41) is 0.668. The highest BCUT2D eigenvalue weighted by molar-refractivity contribution is 6.08. The number of aromatic nitrogens is 1. The number of nitrogens with two attached hydrogens (primary N) is 1. The summed E-state index contributed by atoms with van der Waals surface area (Å²) in [4.78, 5) is 28.3. The number of nitrogen functional groups attached to an aromatic ring is 1.